The summed E-state index contributed by atoms with van der Waals surface area (Å²) in [6.45, 7) is 5.12. The topological polar surface area (TPSA) is 64.0 Å². The summed E-state index contributed by atoms with van der Waals surface area (Å²) >= 11 is 6.07. The van der Waals surface area contributed by atoms with Gasteiger partial charge in [0.25, 0.3) is 5.56 Å². The van der Waals surface area contributed by atoms with Crippen molar-refractivity contribution >= 4 is 34.2 Å². The predicted molar refractivity (Wildman–Crippen MR) is 110 cm³/mol. The molecular formula is C21H19ClF3N3O2. The van der Waals surface area contributed by atoms with Crippen LogP contribution in [0.4, 0.5) is 18.9 Å². The molecular weight excluding hydrogens is 419 g/mol. The molecule has 0 radical (unpaired) electrons. The van der Waals surface area contributed by atoms with Gasteiger partial charge in [-0.15, -0.1) is 0 Å². The molecule has 0 aliphatic carbocycles. The van der Waals surface area contributed by atoms with Gasteiger partial charge in [0.2, 0.25) is 11.6 Å². The second-order valence-electron chi connectivity index (χ2n) is 6.95. The number of nitrogens with one attached hydrogen (secondary N) is 1. The minimum absolute atomic E-state index is 0.00554. The summed E-state index contributed by atoms with van der Waals surface area (Å²) in [6, 6.07) is 8.33. The van der Waals surface area contributed by atoms with E-state index in [2.05, 4.69) is 10.3 Å². The van der Waals surface area contributed by atoms with E-state index in [1.807, 2.05) is 0 Å². The molecule has 5 nitrogen and oxygen atoms in total. The second-order valence-corrected chi connectivity index (χ2v) is 7.36. The molecule has 2 aromatic carbocycles. The molecule has 0 aliphatic rings. The van der Waals surface area contributed by atoms with Crippen LogP contribution >= 0.6 is 11.6 Å². The fourth-order valence-corrected chi connectivity index (χ4v) is 3.40. The van der Waals surface area contributed by atoms with Crippen molar-refractivity contribution in [2.24, 2.45) is 0 Å². The van der Waals surface area contributed by atoms with Crippen molar-refractivity contribution in [2.75, 3.05) is 5.32 Å². The van der Waals surface area contributed by atoms with Crippen LogP contribution in [0.1, 0.15) is 36.2 Å². The third kappa shape index (κ3) is 4.05. The Balaban J connectivity index is 2.24. The third-order valence-electron chi connectivity index (χ3n) is 4.91. The molecule has 0 aliphatic heterocycles. The molecule has 3 aromatic rings. The lowest BCUT2D eigenvalue weighted by molar-refractivity contribution is -0.142. The van der Waals surface area contributed by atoms with Crippen LogP contribution in [0.2, 0.25) is 5.02 Å². The molecule has 0 spiro atoms. The number of carbonyl (C=O) groups excluding carboxylic acids is 1. The van der Waals surface area contributed by atoms with Crippen LogP contribution in [0.15, 0.2) is 41.2 Å². The minimum atomic E-state index is -4.96. The van der Waals surface area contributed by atoms with Gasteiger partial charge in [0.05, 0.1) is 21.7 Å². The van der Waals surface area contributed by atoms with Crippen LogP contribution in [0.5, 0.6) is 0 Å². The highest BCUT2D eigenvalue weighted by Gasteiger charge is 2.38. The van der Waals surface area contributed by atoms with Gasteiger partial charge in [-0.3, -0.25) is 14.2 Å². The van der Waals surface area contributed by atoms with Gasteiger partial charge in [-0.05, 0) is 55.7 Å². The molecule has 1 amide bonds. The first-order valence-corrected chi connectivity index (χ1v) is 9.58. The second kappa shape index (κ2) is 8.10. The van der Waals surface area contributed by atoms with Crippen molar-refractivity contribution < 1.29 is 18.0 Å². The predicted octanol–water partition coefficient (Wildman–Crippen LogP) is 5.28. The van der Waals surface area contributed by atoms with E-state index in [9.17, 15) is 22.8 Å². The minimum Gasteiger partial charge on any atom is -0.323 e. The smallest absolute Gasteiger partial charge is 0.323 e. The number of rotatable bonds is 4. The monoisotopic (exact) mass is 437 g/mol. The Morgan fingerprint density at radius 3 is 2.43 bits per heavy atom. The molecule has 0 saturated heterocycles. The number of para-hydroxylation sites is 1. The highest BCUT2D eigenvalue weighted by molar-refractivity contribution is 6.33. The fraction of sp³-hybridized carbons (Fsp3) is 0.286. The molecule has 0 unspecified atom stereocenters. The number of amides is 1. The van der Waals surface area contributed by atoms with Crippen molar-refractivity contribution in [2.45, 2.75) is 39.4 Å². The maximum absolute atomic E-state index is 13.5. The molecule has 30 heavy (non-hydrogen) atoms. The Hall–Kier alpha value is -2.87. The van der Waals surface area contributed by atoms with E-state index in [0.717, 1.165) is 15.7 Å². The molecule has 0 bridgehead atoms. The normalized spacial score (nSPS) is 12.8. The molecule has 0 fully saturated rings. The molecule has 0 saturated carbocycles. The first-order chi connectivity index (χ1) is 14.0. The van der Waals surface area contributed by atoms with E-state index in [0.29, 0.717) is 5.69 Å². The van der Waals surface area contributed by atoms with Gasteiger partial charge in [-0.25, -0.2) is 4.98 Å². The van der Waals surface area contributed by atoms with E-state index < -0.39 is 29.4 Å². The van der Waals surface area contributed by atoms with E-state index in [4.69, 9.17) is 11.6 Å². The summed E-state index contributed by atoms with van der Waals surface area (Å²) in [7, 11) is 0. The summed E-state index contributed by atoms with van der Waals surface area (Å²) in [4.78, 5) is 29.4. The van der Waals surface area contributed by atoms with Gasteiger partial charge in [-0.1, -0.05) is 30.7 Å². The zero-order chi connectivity index (χ0) is 22.2. The van der Waals surface area contributed by atoms with Crippen LogP contribution in [-0.2, 0) is 11.0 Å². The van der Waals surface area contributed by atoms with Crippen LogP contribution in [0.25, 0.3) is 11.0 Å². The SMILES string of the molecule is CC[C@@H](C(=O)Nc1ccccc1Cl)n1c(=O)c(C(F)(F)F)nc2cc(C)c(C)cc21. The van der Waals surface area contributed by atoms with Gasteiger partial charge in [0.1, 0.15) is 6.04 Å². The Morgan fingerprint density at radius 1 is 1.20 bits per heavy atom. The van der Waals surface area contributed by atoms with Crippen LogP contribution in [0.3, 0.4) is 0 Å². The zero-order valence-electron chi connectivity index (χ0n) is 16.5. The Bertz CT molecular complexity index is 1190. The lowest BCUT2D eigenvalue weighted by Crippen LogP contribution is -2.37. The molecule has 1 aromatic heterocycles. The van der Waals surface area contributed by atoms with Crippen molar-refractivity contribution in [3.8, 4) is 0 Å². The maximum Gasteiger partial charge on any atom is 0.438 e. The van der Waals surface area contributed by atoms with Crippen LogP contribution in [0, 0.1) is 13.8 Å². The number of aryl methyl sites for hydroxylation is 2. The van der Waals surface area contributed by atoms with E-state index >= 15 is 0 Å². The lowest BCUT2D eigenvalue weighted by Gasteiger charge is -2.22. The number of anilines is 1. The zero-order valence-corrected chi connectivity index (χ0v) is 17.2. The Kier molecular flexibility index (Phi) is 5.90. The Labute approximate surface area is 175 Å². The summed E-state index contributed by atoms with van der Waals surface area (Å²) < 4.78 is 41.4. The molecule has 9 heteroatoms. The first kappa shape index (κ1) is 21.8. The third-order valence-corrected chi connectivity index (χ3v) is 5.23. The summed E-state index contributed by atoms with van der Waals surface area (Å²) in [5.41, 5.74) is -0.967. The molecule has 158 valence electrons. The van der Waals surface area contributed by atoms with Crippen LogP contribution < -0.4 is 10.9 Å². The van der Waals surface area contributed by atoms with E-state index in [1.54, 1.807) is 51.1 Å². The van der Waals surface area contributed by atoms with Gasteiger partial charge < -0.3 is 5.32 Å². The number of hydrogen-bond acceptors (Lipinski definition) is 3. The number of halogens is 4. The highest BCUT2D eigenvalue weighted by Crippen LogP contribution is 2.29. The first-order valence-electron chi connectivity index (χ1n) is 9.20. The fourth-order valence-electron chi connectivity index (χ4n) is 3.22. The average molecular weight is 438 g/mol. The molecule has 1 N–H and O–H groups in total. The number of carbonyl (C=O) groups is 1. The lowest BCUT2D eigenvalue weighted by atomic mass is 10.1. The number of benzene rings is 2. The quantitative estimate of drug-likeness (QED) is 0.604. The van der Waals surface area contributed by atoms with Crippen molar-refractivity contribution in [3.05, 3.63) is 68.6 Å². The summed E-state index contributed by atoms with van der Waals surface area (Å²) in [6.07, 6.45) is -4.87. The van der Waals surface area contributed by atoms with Gasteiger partial charge in [0.15, 0.2) is 0 Å². The number of nitrogens with zero attached hydrogens (tertiary/aromatic N) is 2. The average Bonchev–Trinajstić information content (AvgIpc) is 2.66. The van der Waals surface area contributed by atoms with Gasteiger partial charge in [-0.2, -0.15) is 13.2 Å². The Morgan fingerprint density at radius 2 is 1.83 bits per heavy atom. The number of aromatic nitrogens is 2. The molecule has 3 rings (SSSR count). The highest BCUT2D eigenvalue weighted by atomic mass is 35.5. The van der Waals surface area contributed by atoms with Gasteiger partial charge in [0, 0.05) is 0 Å². The number of fused-ring (bicyclic) bond motifs is 1. The maximum atomic E-state index is 13.5. The van der Waals surface area contributed by atoms with Crippen LogP contribution in [-0.4, -0.2) is 15.5 Å². The largest absolute Gasteiger partial charge is 0.438 e. The standard InChI is InChI=1S/C21H19ClF3N3O2/c1-4-16(19(29)27-14-8-6-5-7-13(14)22)28-17-10-12(3)11(2)9-15(17)26-18(20(28)30)21(23,24)25/h5-10,16H,4H2,1-3H3,(H,27,29)/t16-/m0/s1. The van der Waals surface area contributed by atoms with Gasteiger partial charge >= 0.3 is 6.18 Å². The van der Waals surface area contributed by atoms with E-state index in [1.165, 1.54) is 6.07 Å². The van der Waals surface area contributed by atoms with Crippen molar-refractivity contribution in [3.63, 3.8) is 0 Å². The number of alkyl halides is 3. The molecule has 1 heterocycles. The molecule has 1 atom stereocenters. The van der Waals surface area contributed by atoms with Crippen molar-refractivity contribution in [1.82, 2.24) is 9.55 Å². The summed E-state index contributed by atoms with van der Waals surface area (Å²) in [5.74, 6) is -0.647. The van der Waals surface area contributed by atoms with Crippen molar-refractivity contribution in [1.29, 1.82) is 0 Å². The summed E-state index contributed by atoms with van der Waals surface area (Å²) in [5, 5.41) is 2.88. The number of hydrogen-bond donors (Lipinski definition) is 1. The van der Waals surface area contributed by atoms with E-state index in [-0.39, 0.29) is 22.5 Å².